The van der Waals surface area contributed by atoms with Crippen LogP contribution in [0.5, 0.6) is 0 Å². The lowest BCUT2D eigenvalue weighted by Crippen LogP contribution is -2.07. The van der Waals surface area contributed by atoms with Gasteiger partial charge in [0.15, 0.2) is 0 Å². The molecule has 0 aromatic heterocycles. The molecule has 2 rings (SSSR count). The number of rotatable bonds is 3. The zero-order valence-electron chi connectivity index (χ0n) is 10.3. The van der Waals surface area contributed by atoms with Gasteiger partial charge in [0.1, 0.15) is 0 Å². The highest BCUT2D eigenvalue weighted by molar-refractivity contribution is 9.10. The molecule has 0 spiro atoms. The fraction of sp³-hybridized carbons (Fsp3) is 0.143. The molecule has 2 aromatic rings. The normalized spacial score (nSPS) is 11.4. The molecule has 106 valence electrons. The van der Waals surface area contributed by atoms with E-state index < -0.39 is 11.7 Å². The van der Waals surface area contributed by atoms with Gasteiger partial charge in [0, 0.05) is 22.4 Å². The number of nitrogens with one attached hydrogen (secondary N) is 1. The molecule has 0 aliphatic rings. The maximum atomic E-state index is 12.7. The molecule has 0 bridgehead atoms. The van der Waals surface area contributed by atoms with Gasteiger partial charge in [-0.15, -0.1) is 0 Å². The highest BCUT2D eigenvalue weighted by atomic mass is 79.9. The molecule has 0 aliphatic heterocycles. The lowest BCUT2D eigenvalue weighted by atomic mass is 10.1. The lowest BCUT2D eigenvalue weighted by molar-refractivity contribution is -0.137. The number of benzene rings is 2. The van der Waals surface area contributed by atoms with Gasteiger partial charge in [-0.1, -0.05) is 34.1 Å². The van der Waals surface area contributed by atoms with E-state index in [-0.39, 0.29) is 0 Å². The molecular weight excluding hydrogens is 333 g/mol. The van der Waals surface area contributed by atoms with Gasteiger partial charge < -0.3 is 11.1 Å². The van der Waals surface area contributed by atoms with Crippen molar-refractivity contribution in [3.63, 3.8) is 0 Å². The van der Waals surface area contributed by atoms with Crippen LogP contribution in [-0.2, 0) is 12.7 Å². The Morgan fingerprint density at radius 3 is 2.45 bits per heavy atom. The van der Waals surface area contributed by atoms with Crippen molar-refractivity contribution in [3.8, 4) is 0 Å². The SMILES string of the molecule is Nc1ccccc1CNc1cc(Br)cc(C(F)(F)F)c1. The van der Waals surface area contributed by atoms with Crippen LogP contribution in [0.2, 0.25) is 0 Å². The van der Waals surface area contributed by atoms with Crippen LogP contribution in [0.15, 0.2) is 46.9 Å². The van der Waals surface area contributed by atoms with Gasteiger partial charge in [-0.05, 0) is 29.8 Å². The lowest BCUT2D eigenvalue weighted by Gasteiger charge is -2.12. The van der Waals surface area contributed by atoms with E-state index in [1.807, 2.05) is 12.1 Å². The highest BCUT2D eigenvalue weighted by Gasteiger charge is 2.31. The van der Waals surface area contributed by atoms with E-state index in [0.29, 0.717) is 22.4 Å². The molecule has 0 saturated carbocycles. The van der Waals surface area contributed by atoms with Crippen LogP contribution in [0.25, 0.3) is 0 Å². The van der Waals surface area contributed by atoms with E-state index in [2.05, 4.69) is 21.2 Å². The van der Waals surface area contributed by atoms with E-state index in [4.69, 9.17) is 5.73 Å². The number of alkyl halides is 3. The molecule has 0 aliphatic carbocycles. The predicted octanol–water partition coefficient (Wildman–Crippen LogP) is 4.66. The Kier molecular flexibility index (Phi) is 4.23. The molecule has 3 N–H and O–H groups in total. The van der Waals surface area contributed by atoms with Crippen molar-refractivity contribution in [2.45, 2.75) is 12.7 Å². The number of para-hydroxylation sites is 1. The van der Waals surface area contributed by atoms with Crippen LogP contribution in [0.4, 0.5) is 24.5 Å². The fourth-order valence-electron chi connectivity index (χ4n) is 1.75. The van der Waals surface area contributed by atoms with Crippen molar-refractivity contribution in [3.05, 3.63) is 58.1 Å². The summed E-state index contributed by atoms with van der Waals surface area (Å²) in [5, 5.41) is 2.95. The molecule has 0 amide bonds. The zero-order chi connectivity index (χ0) is 14.8. The number of nitrogens with two attached hydrogens (primary N) is 1. The van der Waals surface area contributed by atoms with Gasteiger partial charge in [-0.2, -0.15) is 13.2 Å². The first-order valence-corrected chi connectivity index (χ1v) is 6.60. The summed E-state index contributed by atoms with van der Waals surface area (Å²) in [7, 11) is 0. The topological polar surface area (TPSA) is 38.0 Å². The van der Waals surface area contributed by atoms with E-state index in [1.54, 1.807) is 18.2 Å². The van der Waals surface area contributed by atoms with Gasteiger partial charge in [-0.25, -0.2) is 0 Å². The molecule has 0 saturated heterocycles. The average Bonchev–Trinajstić information content (AvgIpc) is 2.36. The van der Waals surface area contributed by atoms with E-state index in [1.165, 1.54) is 0 Å². The first-order chi connectivity index (χ1) is 9.36. The summed E-state index contributed by atoms with van der Waals surface area (Å²) in [6, 6.07) is 10.9. The van der Waals surface area contributed by atoms with Gasteiger partial charge in [0.25, 0.3) is 0 Å². The number of nitrogen functional groups attached to an aromatic ring is 1. The Bertz CT molecular complexity index is 612. The summed E-state index contributed by atoms with van der Waals surface area (Å²) >= 11 is 3.08. The van der Waals surface area contributed by atoms with Gasteiger partial charge in [-0.3, -0.25) is 0 Å². The van der Waals surface area contributed by atoms with Crippen LogP contribution in [-0.4, -0.2) is 0 Å². The van der Waals surface area contributed by atoms with Crippen molar-refractivity contribution in [1.29, 1.82) is 0 Å². The summed E-state index contributed by atoms with van der Waals surface area (Å²) in [5.41, 5.74) is 6.91. The second-order valence-electron chi connectivity index (χ2n) is 4.28. The molecule has 0 radical (unpaired) electrons. The van der Waals surface area contributed by atoms with Gasteiger partial charge >= 0.3 is 6.18 Å². The molecule has 6 heteroatoms. The van der Waals surface area contributed by atoms with Crippen molar-refractivity contribution in [2.24, 2.45) is 0 Å². The van der Waals surface area contributed by atoms with E-state index >= 15 is 0 Å². The Hall–Kier alpha value is -1.69. The second-order valence-corrected chi connectivity index (χ2v) is 5.19. The Morgan fingerprint density at radius 1 is 1.10 bits per heavy atom. The zero-order valence-corrected chi connectivity index (χ0v) is 11.9. The number of anilines is 2. The maximum Gasteiger partial charge on any atom is 0.416 e. The van der Waals surface area contributed by atoms with Crippen LogP contribution >= 0.6 is 15.9 Å². The monoisotopic (exact) mass is 344 g/mol. The molecular formula is C14H12BrF3N2. The van der Waals surface area contributed by atoms with Crippen molar-refractivity contribution >= 4 is 27.3 Å². The average molecular weight is 345 g/mol. The Labute approximate surface area is 122 Å². The number of hydrogen-bond donors (Lipinski definition) is 2. The third-order valence-electron chi connectivity index (χ3n) is 2.76. The molecule has 0 atom stereocenters. The van der Waals surface area contributed by atoms with Crippen LogP contribution in [0.1, 0.15) is 11.1 Å². The van der Waals surface area contributed by atoms with Crippen LogP contribution in [0.3, 0.4) is 0 Å². The van der Waals surface area contributed by atoms with E-state index in [0.717, 1.165) is 17.7 Å². The van der Waals surface area contributed by atoms with Crippen LogP contribution in [0, 0.1) is 0 Å². The van der Waals surface area contributed by atoms with E-state index in [9.17, 15) is 13.2 Å². The summed E-state index contributed by atoms with van der Waals surface area (Å²) in [6.07, 6.45) is -4.37. The standard InChI is InChI=1S/C14H12BrF3N2/c15-11-5-10(14(16,17)18)6-12(7-11)20-8-9-3-1-2-4-13(9)19/h1-7,20H,8,19H2. The first kappa shape index (κ1) is 14.7. The summed E-state index contributed by atoms with van der Waals surface area (Å²) in [6.45, 7) is 0.362. The highest BCUT2D eigenvalue weighted by Crippen LogP contribution is 2.33. The molecule has 20 heavy (non-hydrogen) atoms. The minimum atomic E-state index is -4.37. The second kappa shape index (κ2) is 5.75. The van der Waals surface area contributed by atoms with Gasteiger partial charge in [0.05, 0.1) is 5.56 Å². The third-order valence-corrected chi connectivity index (χ3v) is 3.22. The number of hydrogen-bond acceptors (Lipinski definition) is 2. The molecule has 2 nitrogen and oxygen atoms in total. The molecule has 0 heterocycles. The molecule has 0 fully saturated rings. The summed E-state index contributed by atoms with van der Waals surface area (Å²) < 4.78 is 38.5. The van der Waals surface area contributed by atoms with Crippen molar-refractivity contribution < 1.29 is 13.2 Å². The fourth-order valence-corrected chi connectivity index (χ4v) is 2.24. The minimum absolute atomic E-state index is 0.362. The Morgan fingerprint density at radius 2 is 1.80 bits per heavy atom. The summed E-state index contributed by atoms with van der Waals surface area (Å²) in [4.78, 5) is 0. The van der Waals surface area contributed by atoms with Crippen molar-refractivity contribution in [2.75, 3.05) is 11.1 Å². The quantitative estimate of drug-likeness (QED) is 0.794. The summed E-state index contributed by atoms with van der Waals surface area (Å²) in [5.74, 6) is 0. The third kappa shape index (κ3) is 3.66. The molecule has 2 aromatic carbocycles. The van der Waals surface area contributed by atoms with Crippen molar-refractivity contribution in [1.82, 2.24) is 0 Å². The smallest absolute Gasteiger partial charge is 0.398 e. The minimum Gasteiger partial charge on any atom is -0.398 e. The Balaban J connectivity index is 2.18. The van der Waals surface area contributed by atoms with Crippen LogP contribution < -0.4 is 11.1 Å². The number of halogens is 4. The largest absolute Gasteiger partial charge is 0.416 e. The molecule has 0 unspecified atom stereocenters. The maximum absolute atomic E-state index is 12.7. The first-order valence-electron chi connectivity index (χ1n) is 5.81. The van der Waals surface area contributed by atoms with Gasteiger partial charge in [0.2, 0.25) is 0 Å². The predicted molar refractivity (Wildman–Crippen MR) is 77.3 cm³/mol.